The lowest BCUT2D eigenvalue weighted by Gasteiger charge is -2.21. The molecule has 0 aliphatic carbocycles. The van der Waals surface area contributed by atoms with Crippen LogP contribution in [0.3, 0.4) is 0 Å². The van der Waals surface area contributed by atoms with Gasteiger partial charge in [-0.05, 0) is 46.8 Å². The lowest BCUT2D eigenvalue weighted by Crippen LogP contribution is -2.42. The van der Waals surface area contributed by atoms with Crippen molar-refractivity contribution in [2.24, 2.45) is 0 Å². The van der Waals surface area contributed by atoms with Gasteiger partial charge in [0.1, 0.15) is 6.04 Å². The van der Waals surface area contributed by atoms with Gasteiger partial charge in [-0.2, -0.15) is 0 Å². The predicted octanol–water partition coefficient (Wildman–Crippen LogP) is 2.69. The molecule has 1 amide bonds. The summed E-state index contributed by atoms with van der Waals surface area (Å²) in [6.45, 7) is 9.77. The highest BCUT2D eigenvalue weighted by Crippen LogP contribution is 2.11. The number of amides is 1. The molecule has 0 aliphatic heterocycles. The summed E-state index contributed by atoms with van der Waals surface area (Å²) in [6, 6.07) is 4.48. The first-order valence-electron chi connectivity index (χ1n) is 7.34. The van der Waals surface area contributed by atoms with Gasteiger partial charge in [0.25, 0.3) is 5.91 Å². The first-order chi connectivity index (χ1) is 10.1. The Kier molecular flexibility index (Phi) is 6.11. The van der Waals surface area contributed by atoms with E-state index in [9.17, 15) is 14.7 Å². The van der Waals surface area contributed by atoms with Crippen LogP contribution in [0.1, 0.15) is 48.7 Å². The number of rotatable bonds is 6. The van der Waals surface area contributed by atoms with Crippen molar-refractivity contribution in [1.82, 2.24) is 5.32 Å². The highest BCUT2D eigenvalue weighted by atomic mass is 16.5. The van der Waals surface area contributed by atoms with Crippen molar-refractivity contribution in [3.05, 3.63) is 34.9 Å². The summed E-state index contributed by atoms with van der Waals surface area (Å²) in [4.78, 5) is 23.5. The first-order valence-corrected chi connectivity index (χ1v) is 7.34. The summed E-state index contributed by atoms with van der Waals surface area (Å²) in [5, 5.41) is 11.8. The van der Waals surface area contributed by atoms with E-state index in [4.69, 9.17) is 4.74 Å². The SMILES string of the molecule is Cc1cc(C)cc(C(=O)NC(CCOC(C)(C)C)C(=O)O)c1. The average Bonchev–Trinajstić information content (AvgIpc) is 2.34. The van der Waals surface area contributed by atoms with Crippen LogP contribution >= 0.6 is 0 Å². The van der Waals surface area contributed by atoms with E-state index in [0.29, 0.717) is 5.56 Å². The van der Waals surface area contributed by atoms with Crippen LogP contribution < -0.4 is 5.32 Å². The fraction of sp³-hybridized carbons (Fsp3) is 0.529. The molecule has 0 aromatic heterocycles. The molecular weight excluding hydrogens is 282 g/mol. The fourth-order valence-electron chi connectivity index (χ4n) is 2.09. The topological polar surface area (TPSA) is 75.6 Å². The monoisotopic (exact) mass is 307 g/mol. The second-order valence-corrected chi connectivity index (χ2v) is 6.49. The maximum absolute atomic E-state index is 12.2. The van der Waals surface area contributed by atoms with Crippen LogP contribution in [-0.4, -0.2) is 35.2 Å². The number of benzene rings is 1. The van der Waals surface area contributed by atoms with Gasteiger partial charge in [0.05, 0.1) is 5.60 Å². The van der Waals surface area contributed by atoms with Crippen LogP contribution in [0.4, 0.5) is 0 Å². The molecule has 0 saturated heterocycles. The highest BCUT2D eigenvalue weighted by Gasteiger charge is 2.22. The summed E-state index contributed by atoms with van der Waals surface area (Å²) in [5.41, 5.74) is 2.07. The van der Waals surface area contributed by atoms with E-state index in [2.05, 4.69) is 5.32 Å². The molecule has 1 aromatic rings. The van der Waals surface area contributed by atoms with E-state index >= 15 is 0 Å². The molecular formula is C17H25NO4. The summed E-state index contributed by atoms with van der Waals surface area (Å²) >= 11 is 0. The molecule has 1 aromatic carbocycles. The second-order valence-electron chi connectivity index (χ2n) is 6.49. The van der Waals surface area contributed by atoms with Gasteiger partial charge in [0.2, 0.25) is 0 Å². The van der Waals surface area contributed by atoms with Crippen LogP contribution in [0.25, 0.3) is 0 Å². The maximum atomic E-state index is 12.2. The Balaban J connectivity index is 2.70. The maximum Gasteiger partial charge on any atom is 0.326 e. The number of carboxylic acid groups (broad SMARTS) is 1. The molecule has 1 atom stereocenters. The van der Waals surface area contributed by atoms with Crippen molar-refractivity contribution < 1.29 is 19.4 Å². The Morgan fingerprint density at radius 2 is 1.73 bits per heavy atom. The average molecular weight is 307 g/mol. The third-order valence-electron chi connectivity index (χ3n) is 3.03. The summed E-state index contributed by atoms with van der Waals surface area (Å²) in [7, 11) is 0. The zero-order chi connectivity index (χ0) is 16.9. The van der Waals surface area contributed by atoms with E-state index in [-0.39, 0.29) is 24.5 Å². The summed E-state index contributed by atoms with van der Waals surface area (Å²) < 4.78 is 5.52. The van der Waals surface area contributed by atoms with Gasteiger partial charge in [-0.15, -0.1) is 0 Å². The number of carboxylic acids is 1. The number of aliphatic carboxylic acids is 1. The number of aryl methyl sites for hydroxylation is 2. The molecule has 0 bridgehead atoms. The third-order valence-corrected chi connectivity index (χ3v) is 3.03. The standard InChI is InChI=1S/C17H25NO4/c1-11-8-12(2)10-13(9-11)15(19)18-14(16(20)21)6-7-22-17(3,4)5/h8-10,14H,6-7H2,1-5H3,(H,18,19)(H,20,21). The van der Waals surface area contributed by atoms with Crippen LogP contribution in [0.2, 0.25) is 0 Å². The summed E-state index contributed by atoms with van der Waals surface area (Å²) in [6.07, 6.45) is 0.225. The van der Waals surface area contributed by atoms with Crippen molar-refractivity contribution in [1.29, 1.82) is 0 Å². The lowest BCUT2D eigenvalue weighted by atomic mass is 10.1. The minimum Gasteiger partial charge on any atom is -0.480 e. The molecule has 5 heteroatoms. The van der Waals surface area contributed by atoms with Crippen molar-refractivity contribution in [3.63, 3.8) is 0 Å². The second kappa shape index (κ2) is 7.40. The Hall–Kier alpha value is -1.88. The predicted molar refractivity (Wildman–Crippen MR) is 85.1 cm³/mol. The van der Waals surface area contributed by atoms with Gasteiger partial charge >= 0.3 is 5.97 Å². The zero-order valence-electron chi connectivity index (χ0n) is 13.9. The highest BCUT2D eigenvalue weighted by molar-refractivity contribution is 5.96. The molecule has 0 spiro atoms. The van der Waals surface area contributed by atoms with Crippen LogP contribution in [-0.2, 0) is 9.53 Å². The molecule has 0 aliphatic rings. The number of carbonyl (C=O) groups is 2. The molecule has 0 radical (unpaired) electrons. The van der Waals surface area contributed by atoms with Crippen molar-refractivity contribution in [2.45, 2.75) is 52.7 Å². The molecule has 1 unspecified atom stereocenters. The molecule has 0 fully saturated rings. The van der Waals surface area contributed by atoms with E-state index < -0.39 is 12.0 Å². The van der Waals surface area contributed by atoms with Gasteiger partial charge in [-0.25, -0.2) is 4.79 Å². The number of carbonyl (C=O) groups excluding carboxylic acids is 1. The minimum absolute atomic E-state index is 0.225. The van der Waals surface area contributed by atoms with Gasteiger partial charge in [0.15, 0.2) is 0 Å². The number of hydrogen-bond donors (Lipinski definition) is 2. The molecule has 1 rings (SSSR count). The van der Waals surface area contributed by atoms with Gasteiger partial charge in [-0.3, -0.25) is 4.79 Å². The van der Waals surface area contributed by atoms with Crippen molar-refractivity contribution >= 4 is 11.9 Å². The van der Waals surface area contributed by atoms with Crippen molar-refractivity contribution in [2.75, 3.05) is 6.61 Å². The molecule has 5 nitrogen and oxygen atoms in total. The van der Waals surface area contributed by atoms with E-state index in [0.717, 1.165) is 11.1 Å². The smallest absolute Gasteiger partial charge is 0.326 e. The Morgan fingerprint density at radius 3 is 2.18 bits per heavy atom. The van der Waals surface area contributed by atoms with Crippen LogP contribution in [0, 0.1) is 13.8 Å². The molecule has 0 saturated carbocycles. The van der Waals surface area contributed by atoms with Gasteiger partial charge in [-0.1, -0.05) is 17.2 Å². The Morgan fingerprint density at radius 1 is 1.18 bits per heavy atom. The first kappa shape index (κ1) is 18.2. The van der Waals surface area contributed by atoms with Crippen molar-refractivity contribution in [3.8, 4) is 0 Å². The Labute approximate surface area is 131 Å². The van der Waals surface area contributed by atoms with E-state index in [1.165, 1.54) is 0 Å². The Bertz CT molecular complexity index is 526. The normalized spacial score (nSPS) is 12.8. The molecule has 0 heterocycles. The largest absolute Gasteiger partial charge is 0.480 e. The third kappa shape index (κ3) is 6.26. The van der Waals surface area contributed by atoms with Crippen LogP contribution in [0.15, 0.2) is 18.2 Å². The van der Waals surface area contributed by atoms with Gasteiger partial charge < -0.3 is 15.2 Å². The quantitative estimate of drug-likeness (QED) is 0.847. The molecule has 2 N–H and O–H groups in total. The number of nitrogens with one attached hydrogen (secondary N) is 1. The van der Waals surface area contributed by atoms with E-state index in [1.807, 2.05) is 40.7 Å². The minimum atomic E-state index is -1.06. The zero-order valence-corrected chi connectivity index (χ0v) is 13.9. The lowest BCUT2D eigenvalue weighted by molar-refractivity contribution is -0.140. The summed E-state index contributed by atoms with van der Waals surface area (Å²) in [5.74, 6) is -1.44. The fourth-order valence-corrected chi connectivity index (χ4v) is 2.09. The number of hydrogen-bond acceptors (Lipinski definition) is 3. The van der Waals surface area contributed by atoms with Gasteiger partial charge in [0, 0.05) is 18.6 Å². The molecule has 22 heavy (non-hydrogen) atoms. The number of ether oxygens (including phenoxy) is 1. The van der Waals surface area contributed by atoms with E-state index in [1.54, 1.807) is 12.1 Å². The molecule has 122 valence electrons. The van der Waals surface area contributed by atoms with Crippen LogP contribution in [0.5, 0.6) is 0 Å².